The summed E-state index contributed by atoms with van der Waals surface area (Å²) in [6, 6.07) is 11.0. The first-order valence-electron chi connectivity index (χ1n) is 7.18. The largest absolute Gasteiger partial charge is 0.368 e. The lowest BCUT2D eigenvalue weighted by atomic mass is 10.1. The predicted octanol–water partition coefficient (Wildman–Crippen LogP) is 2.46. The van der Waals surface area contributed by atoms with Crippen LogP contribution in [-0.2, 0) is 4.74 Å². The number of rotatable bonds is 4. The molecule has 0 unspecified atom stereocenters. The van der Waals surface area contributed by atoms with Crippen molar-refractivity contribution in [2.75, 3.05) is 32.1 Å². The van der Waals surface area contributed by atoms with Crippen molar-refractivity contribution in [2.24, 2.45) is 0 Å². The molecule has 0 atom stereocenters. The van der Waals surface area contributed by atoms with Crippen LogP contribution >= 0.6 is 32.4 Å². The third-order valence-corrected chi connectivity index (χ3v) is 7.40. The van der Waals surface area contributed by atoms with E-state index in [0.717, 1.165) is 26.3 Å². The van der Waals surface area contributed by atoms with Crippen LogP contribution in [0.5, 0.6) is 0 Å². The summed E-state index contributed by atoms with van der Waals surface area (Å²) >= 11 is 1.57. The van der Waals surface area contributed by atoms with Crippen LogP contribution in [-0.4, -0.2) is 37.8 Å². The van der Waals surface area contributed by atoms with E-state index in [0.29, 0.717) is 16.9 Å². The Balaban J connectivity index is 1.63. The highest BCUT2D eigenvalue weighted by Crippen LogP contribution is 2.25. The van der Waals surface area contributed by atoms with Crippen LogP contribution in [0.15, 0.2) is 34.5 Å². The molecule has 3 rings (SSSR count). The Morgan fingerprint density at radius 2 is 2.00 bits per heavy atom. The zero-order valence-electron chi connectivity index (χ0n) is 12.4. The molecule has 0 saturated carbocycles. The second-order valence-electron chi connectivity index (χ2n) is 4.97. The topological polar surface area (TPSA) is 53.1 Å². The Hall–Kier alpha value is -1.46. The number of hydrogen-bond donors (Lipinski definition) is 0. The molecule has 1 aliphatic heterocycles. The molecule has 23 heavy (non-hydrogen) atoms. The molecular weight excluding hydrogens is 348 g/mol. The summed E-state index contributed by atoms with van der Waals surface area (Å²) in [5.74, 6) is 0.507. The Morgan fingerprint density at radius 1 is 1.26 bits per heavy atom. The van der Waals surface area contributed by atoms with Gasteiger partial charge in [-0.2, -0.15) is 5.26 Å². The standard InChI is InChI=1S/C16H15N2O2S3/c17-10-12-1-3-13(4-2-12)14(19)11-21-16-9-15(22-23-16)18-5-7-20-8-6-18/h1-4,9H,5-8,11H2/q+1. The maximum absolute atomic E-state index is 12.2. The molecule has 0 N–H and O–H groups in total. The highest BCUT2D eigenvalue weighted by Gasteiger charge is 2.14. The van der Waals surface area contributed by atoms with Crippen molar-refractivity contribution < 1.29 is 9.53 Å². The minimum Gasteiger partial charge on any atom is -0.368 e. The van der Waals surface area contributed by atoms with Crippen LogP contribution in [0.4, 0.5) is 0 Å². The molecule has 2 heterocycles. The highest BCUT2D eigenvalue weighted by atomic mass is 32.9. The number of carbonyl (C=O) groups is 1. The molecule has 1 aliphatic rings. The molecule has 1 fully saturated rings. The molecule has 1 aromatic carbocycles. The van der Waals surface area contributed by atoms with Crippen molar-refractivity contribution in [3.05, 3.63) is 46.1 Å². The Kier molecular flexibility index (Phi) is 5.62. The van der Waals surface area contributed by atoms with Crippen molar-refractivity contribution in [2.45, 2.75) is 4.21 Å². The van der Waals surface area contributed by atoms with Gasteiger partial charge in [0, 0.05) is 11.6 Å². The number of morpholine rings is 1. The lowest BCUT2D eigenvalue weighted by molar-refractivity contribution is 0.0971. The molecule has 0 radical (unpaired) electrons. The van der Waals surface area contributed by atoms with Crippen molar-refractivity contribution in [3.63, 3.8) is 0 Å². The second-order valence-corrected chi connectivity index (χ2v) is 8.44. The number of nitriles is 1. The van der Waals surface area contributed by atoms with Gasteiger partial charge in [-0.1, -0.05) is 22.5 Å². The molecular formula is C16H15N2O2S3+. The molecule has 2 aromatic rings. The molecule has 7 heteroatoms. The first-order chi connectivity index (χ1) is 11.3. The first-order valence-corrected chi connectivity index (χ1v) is 10.3. The van der Waals surface area contributed by atoms with E-state index < -0.39 is 0 Å². The number of nitrogens with zero attached hydrogens (tertiary/aromatic N) is 2. The molecule has 0 spiro atoms. The lowest BCUT2D eigenvalue weighted by Gasteiger charge is -2.09. The summed E-state index contributed by atoms with van der Waals surface area (Å²) in [4.78, 5) is 12.2. The first kappa shape index (κ1) is 16.4. The number of thioether (sulfide) groups is 1. The van der Waals surface area contributed by atoms with E-state index in [1.807, 2.05) is 0 Å². The van der Waals surface area contributed by atoms with Gasteiger partial charge in [0.1, 0.15) is 13.2 Å². The van der Waals surface area contributed by atoms with Crippen LogP contribution in [0.2, 0.25) is 0 Å². The van der Waals surface area contributed by atoms with Gasteiger partial charge in [-0.25, -0.2) is 4.58 Å². The number of ether oxygens (including phenoxy) is 1. The van der Waals surface area contributed by atoms with E-state index in [4.69, 9.17) is 10.00 Å². The summed E-state index contributed by atoms with van der Waals surface area (Å²) in [5, 5.41) is 8.78. The fourth-order valence-corrected chi connectivity index (χ4v) is 5.96. The average molecular weight is 364 g/mol. The normalized spacial score (nSPS) is 14.5. The van der Waals surface area contributed by atoms with E-state index in [9.17, 15) is 4.79 Å². The Morgan fingerprint density at radius 3 is 2.70 bits per heavy atom. The Bertz CT molecular complexity index is 792. The average Bonchev–Trinajstić information content (AvgIpc) is 3.09. The van der Waals surface area contributed by atoms with E-state index in [-0.39, 0.29) is 5.78 Å². The predicted molar refractivity (Wildman–Crippen MR) is 94.2 cm³/mol. The number of Topliss-reactive ketones (excluding diaryl/α,β-unsaturated/α-hetero) is 1. The summed E-state index contributed by atoms with van der Waals surface area (Å²) in [6.07, 6.45) is 0. The fraction of sp³-hybridized carbons (Fsp3) is 0.312. The zero-order chi connectivity index (χ0) is 16.1. The van der Waals surface area contributed by atoms with Gasteiger partial charge in [0.25, 0.3) is 4.67 Å². The fourth-order valence-electron chi connectivity index (χ4n) is 2.18. The molecule has 0 bridgehead atoms. The number of ketones is 1. The van der Waals surface area contributed by atoms with Crippen LogP contribution in [0.25, 0.3) is 0 Å². The third-order valence-electron chi connectivity index (χ3n) is 3.45. The number of benzene rings is 1. The van der Waals surface area contributed by atoms with Crippen molar-refractivity contribution in [1.29, 1.82) is 5.26 Å². The minimum atomic E-state index is 0.0887. The summed E-state index contributed by atoms with van der Waals surface area (Å²) < 4.78 is 10.1. The molecule has 1 aromatic heterocycles. The van der Waals surface area contributed by atoms with E-state index in [1.54, 1.807) is 56.7 Å². The second kappa shape index (κ2) is 7.88. The minimum absolute atomic E-state index is 0.0887. The molecule has 118 valence electrons. The lowest BCUT2D eigenvalue weighted by Crippen LogP contribution is -2.38. The molecule has 4 nitrogen and oxygen atoms in total. The van der Waals surface area contributed by atoms with Crippen molar-refractivity contribution in [1.82, 2.24) is 4.58 Å². The molecule has 0 amide bonds. The van der Waals surface area contributed by atoms with Gasteiger partial charge in [0.15, 0.2) is 18.9 Å². The van der Waals surface area contributed by atoms with Crippen LogP contribution in [0, 0.1) is 11.3 Å². The van der Waals surface area contributed by atoms with Gasteiger partial charge in [-0.05, 0) is 22.5 Å². The third kappa shape index (κ3) is 4.30. The van der Waals surface area contributed by atoms with Gasteiger partial charge >= 0.3 is 0 Å². The maximum atomic E-state index is 12.2. The van der Waals surface area contributed by atoms with E-state index >= 15 is 0 Å². The van der Waals surface area contributed by atoms with E-state index in [1.165, 1.54) is 8.88 Å². The summed E-state index contributed by atoms with van der Waals surface area (Å²) in [5.41, 5.74) is 1.23. The number of carbonyl (C=O) groups excluding carboxylic acids is 1. The number of hydrogen-bond acceptors (Lipinski definition) is 6. The van der Waals surface area contributed by atoms with E-state index in [2.05, 4.69) is 16.7 Å². The summed E-state index contributed by atoms with van der Waals surface area (Å²) in [6.45, 7) is 3.42. The van der Waals surface area contributed by atoms with Gasteiger partial charge in [0.2, 0.25) is 0 Å². The molecule has 1 saturated heterocycles. The van der Waals surface area contributed by atoms with Crippen LogP contribution in [0.3, 0.4) is 0 Å². The van der Waals surface area contributed by atoms with Crippen LogP contribution < -0.4 is 9.25 Å². The van der Waals surface area contributed by atoms with Gasteiger partial charge < -0.3 is 4.74 Å². The molecule has 0 aliphatic carbocycles. The van der Waals surface area contributed by atoms with Crippen molar-refractivity contribution >= 4 is 38.2 Å². The highest BCUT2D eigenvalue weighted by molar-refractivity contribution is 8.03. The zero-order valence-corrected chi connectivity index (χ0v) is 14.8. The monoisotopic (exact) mass is 363 g/mol. The van der Waals surface area contributed by atoms with Gasteiger partial charge in [-0.3, -0.25) is 4.79 Å². The Labute approximate surface area is 146 Å². The quantitative estimate of drug-likeness (QED) is 0.362. The SMILES string of the molecule is N#Cc1ccc(C(=O)CSc2cc(=[N+]3CCOCC3)ss2)cc1. The summed E-state index contributed by atoms with van der Waals surface area (Å²) in [7, 11) is 3.47. The smallest absolute Gasteiger partial charge is 0.268 e. The maximum Gasteiger partial charge on any atom is 0.268 e. The van der Waals surface area contributed by atoms with Gasteiger partial charge in [0.05, 0.1) is 21.6 Å². The van der Waals surface area contributed by atoms with Crippen molar-refractivity contribution in [3.8, 4) is 6.07 Å². The van der Waals surface area contributed by atoms with Crippen LogP contribution in [0.1, 0.15) is 15.9 Å². The van der Waals surface area contributed by atoms with Gasteiger partial charge in [-0.15, -0.1) is 11.8 Å².